The van der Waals surface area contributed by atoms with Gasteiger partial charge in [-0.1, -0.05) is 5.16 Å². The molecule has 1 aliphatic heterocycles. The van der Waals surface area contributed by atoms with Gasteiger partial charge < -0.3 is 14.6 Å². The molecule has 1 aromatic heterocycles. The van der Waals surface area contributed by atoms with E-state index in [4.69, 9.17) is 9.26 Å². The molecule has 0 aliphatic carbocycles. The second-order valence-corrected chi connectivity index (χ2v) is 5.53. The van der Waals surface area contributed by atoms with E-state index in [1.807, 2.05) is 7.05 Å². The van der Waals surface area contributed by atoms with E-state index in [1.165, 1.54) is 6.07 Å². The number of nitro groups is 1. The summed E-state index contributed by atoms with van der Waals surface area (Å²) in [6, 6.07) is 4.65. The molecule has 1 fully saturated rings. The highest BCUT2D eigenvalue weighted by atomic mass is 16.6. The van der Waals surface area contributed by atoms with E-state index < -0.39 is 4.92 Å². The third kappa shape index (κ3) is 3.22. The van der Waals surface area contributed by atoms with Crippen molar-refractivity contribution >= 4 is 5.69 Å². The number of benzene rings is 1. The van der Waals surface area contributed by atoms with Gasteiger partial charge in [0.05, 0.1) is 17.6 Å². The van der Waals surface area contributed by atoms with E-state index in [9.17, 15) is 10.1 Å². The molecular weight excluding hydrogens is 314 g/mol. The maximum atomic E-state index is 11.2. The molecule has 1 aromatic carbocycles. The molecule has 9 nitrogen and oxygen atoms in total. The van der Waals surface area contributed by atoms with Gasteiger partial charge in [0.25, 0.3) is 5.89 Å². The minimum absolute atomic E-state index is 0.0222. The van der Waals surface area contributed by atoms with E-state index in [0.29, 0.717) is 18.0 Å². The van der Waals surface area contributed by atoms with Crippen LogP contribution in [-0.2, 0) is 0 Å². The van der Waals surface area contributed by atoms with Crippen LogP contribution in [0.3, 0.4) is 0 Å². The molecule has 1 saturated heterocycles. The topological polar surface area (TPSA) is 107 Å². The lowest BCUT2D eigenvalue weighted by Crippen LogP contribution is -2.44. The molecule has 1 aliphatic rings. The highest BCUT2D eigenvalue weighted by molar-refractivity contribution is 5.62. The Morgan fingerprint density at radius 3 is 3.08 bits per heavy atom. The first-order valence-electron chi connectivity index (χ1n) is 7.76. The second kappa shape index (κ2) is 6.93. The maximum Gasteiger partial charge on any atom is 0.311 e. The fraction of sp³-hybridized carbons (Fsp3) is 0.467. The van der Waals surface area contributed by atoms with Gasteiger partial charge in [-0.15, -0.1) is 0 Å². The molecule has 0 spiro atoms. The maximum absolute atomic E-state index is 11.2. The van der Waals surface area contributed by atoms with Crippen LogP contribution in [0.15, 0.2) is 22.7 Å². The molecule has 0 saturated carbocycles. The summed E-state index contributed by atoms with van der Waals surface area (Å²) in [6.07, 6.45) is 0. The van der Waals surface area contributed by atoms with Gasteiger partial charge in [0.1, 0.15) is 0 Å². The number of likely N-dealkylation sites (N-methyl/N-ethyl adjacent to an activating group) is 1. The lowest BCUT2D eigenvalue weighted by molar-refractivity contribution is -0.385. The standard InChI is InChI=1S/C15H19N5O4/c1-3-23-13-5-4-10(8-11(13)20(21)22)15-17-14(18-24-15)12-9-16-6-7-19(12)2/h4-5,8,12,16H,3,6-7,9H2,1-2H3. The number of nitrogens with zero attached hydrogens (tertiary/aromatic N) is 4. The van der Waals surface area contributed by atoms with Gasteiger partial charge in [0.2, 0.25) is 0 Å². The van der Waals surface area contributed by atoms with Gasteiger partial charge in [0.15, 0.2) is 11.6 Å². The smallest absolute Gasteiger partial charge is 0.311 e. The van der Waals surface area contributed by atoms with Gasteiger partial charge >= 0.3 is 5.69 Å². The van der Waals surface area contributed by atoms with Crippen LogP contribution in [-0.4, -0.2) is 53.3 Å². The summed E-state index contributed by atoms with van der Waals surface area (Å²) in [6.45, 7) is 4.67. The lowest BCUT2D eigenvalue weighted by Gasteiger charge is -2.30. The Morgan fingerprint density at radius 1 is 1.54 bits per heavy atom. The fourth-order valence-electron chi connectivity index (χ4n) is 2.65. The predicted octanol–water partition coefficient (Wildman–Crippen LogP) is 1.62. The van der Waals surface area contributed by atoms with E-state index in [1.54, 1.807) is 19.1 Å². The van der Waals surface area contributed by atoms with Crippen LogP contribution in [0.2, 0.25) is 0 Å². The molecule has 24 heavy (non-hydrogen) atoms. The van der Waals surface area contributed by atoms with Gasteiger partial charge in [-0.3, -0.25) is 15.0 Å². The predicted molar refractivity (Wildman–Crippen MR) is 85.8 cm³/mol. The normalized spacial score (nSPS) is 18.5. The molecule has 2 aromatic rings. The molecule has 1 atom stereocenters. The highest BCUT2D eigenvalue weighted by Gasteiger charge is 2.26. The van der Waals surface area contributed by atoms with Gasteiger partial charge in [-0.2, -0.15) is 4.98 Å². The average molecular weight is 333 g/mol. The summed E-state index contributed by atoms with van der Waals surface area (Å²) in [4.78, 5) is 17.3. The Labute approximate surface area is 138 Å². The number of nitrogens with one attached hydrogen (secondary N) is 1. The number of hydrogen-bond donors (Lipinski definition) is 1. The number of aromatic nitrogens is 2. The number of ether oxygens (including phenoxy) is 1. The summed E-state index contributed by atoms with van der Waals surface area (Å²) in [5.41, 5.74) is 0.376. The van der Waals surface area contributed by atoms with Crippen LogP contribution in [0.5, 0.6) is 5.75 Å². The third-order valence-corrected chi connectivity index (χ3v) is 3.95. The van der Waals surface area contributed by atoms with Crippen LogP contribution < -0.4 is 10.1 Å². The zero-order valence-electron chi connectivity index (χ0n) is 13.6. The van der Waals surface area contributed by atoms with Crippen molar-refractivity contribution in [2.45, 2.75) is 13.0 Å². The van der Waals surface area contributed by atoms with E-state index >= 15 is 0 Å². The summed E-state index contributed by atoms with van der Waals surface area (Å²) in [5, 5.41) is 18.5. The first-order valence-corrected chi connectivity index (χ1v) is 7.76. The van der Waals surface area contributed by atoms with Crippen molar-refractivity contribution < 1.29 is 14.2 Å². The van der Waals surface area contributed by atoms with Crippen LogP contribution >= 0.6 is 0 Å². The van der Waals surface area contributed by atoms with Crippen molar-refractivity contribution in [2.24, 2.45) is 0 Å². The summed E-state index contributed by atoms with van der Waals surface area (Å²) >= 11 is 0. The van der Waals surface area contributed by atoms with E-state index in [2.05, 4.69) is 20.4 Å². The highest BCUT2D eigenvalue weighted by Crippen LogP contribution is 2.32. The average Bonchev–Trinajstić information content (AvgIpc) is 3.05. The van der Waals surface area contributed by atoms with Gasteiger partial charge in [0, 0.05) is 31.3 Å². The molecule has 2 heterocycles. The molecule has 1 N–H and O–H groups in total. The van der Waals surface area contributed by atoms with Crippen molar-refractivity contribution in [1.82, 2.24) is 20.4 Å². The van der Waals surface area contributed by atoms with Crippen LogP contribution in [0.25, 0.3) is 11.5 Å². The van der Waals surface area contributed by atoms with Crippen LogP contribution in [0.4, 0.5) is 5.69 Å². The molecule has 1 unspecified atom stereocenters. The number of hydrogen-bond acceptors (Lipinski definition) is 8. The molecule has 3 rings (SSSR count). The van der Waals surface area contributed by atoms with Gasteiger partial charge in [-0.25, -0.2) is 0 Å². The number of piperazine rings is 1. The molecular formula is C15H19N5O4. The van der Waals surface area contributed by atoms with Crippen molar-refractivity contribution in [2.75, 3.05) is 33.3 Å². The van der Waals surface area contributed by atoms with Crippen molar-refractivity contribution in [1.29, 1.82) is 0 Å². The first-order chi connectivity index (χ1) is 11.6. The monoisotopic (exact) mass is 333 g/mol. The summed E-state index contributed by atoms with van der Waals surface area (Å²) < 4.78 is 10.6. The second-order valence-electron chi connectivity index (χ2n) is 5.53. The largest absolute Gasteiger partial charge is 0.487 e. The summed E-state index contributed by atoms with van der Waals surface area (Å²) in [5.74, 6) is 1.05. The molecule has 0 amide bonds. The Kier molecular flexibility index (Phi) is 4.72. The molecule has 9 heteroatoms. The Morgan fingerprint density at radius 2 is 2.38 bits per heavy atom. The lowest BCUT2D eigenvalue weighted by atomic mass is 10.1. The van der Waals surface area contributed by atoms with E-state index in [0.717, 1.165) is 19.6 Å². The molecule has 128 valence electrons. The first kappa shape index (κ1) is 16.3. The zero-order chi connectivity index (χ0) is 17.1. The Bertz CT molecular complexity index is 732. The quantitative estimate of drug-likeness (QED) is 0.650. The Balaban J connectivity index is 1.89. The van der Waals surface area contributed by atoms with Crippen LogP contribution in [0, 0.1) is 10.1 Å². The summed E-state index contributed by atoms with van der Waals surface area (Å²) in [7, 11) is 2.00. The molecule has 0 bridgehead atoms. The van der Waals surface area contributed by atoms with Crippen molar-refractivity contribution in [3.05, 3.63) is 34.1 Å². The van der Waals surface area contributed by atoms with Crippen molar-refractivity contribution in [3.63, 3.8) is 0 Å². The van der Waals surface area contributed by atoms with Crippen molar-refractivity contribution in [3.8, 4) is 17.2 Å². The van der Waals surface area contributed by atoms with Crippen LogP contribution in [0.1, 0.15) is 18.8 Å². The SMILES string of the molecule is CCOc1ccc(-c2nc(C3CNCCN3C)no2)cc1[N+](=O)[O-]. The number of nitro benzene ring substituents is 1. The number of rotatable bonds is 5. The molecule has 0 radical (unpaired) electrons. The minimum Gasteiger partial charge on any atom is -0.487 e. The van der Waals surface area contributed by atoms with E-state index in [-0.39, 0.29) is 23.4 Å². The Hall–Kier alpha value is -2.52. The minimum atomic E-state index is -0.482. The third-order valence-electron chi connectivity index (χ3n) is 3.95. The zero-order valence-corrected chi connectivity index (χ0v) is 13.6. The fourth-order valence-corrected chi connectivity index (χ4v) is 2.65. The van der Waals surface area contributed by atoms with Gasteiger partial charge in [-0.05, 0) is 26.1 Å².